The van der Waals surface area contributed by atoms with Crippen LogP contribution in [0.15, 0.2) is 12.1 Å². The zero-order chi connectivity index (χ0) is 17.8. The van der Waals surface area contributed by atoms with Crippen LogP contribution < -0.4 is 20.7 Å². The van der Waals surface area contributed by atoms with Crippen molar-refractivity contribution in [3.63, 3.8) is 0 Å². The molecule has 1 aromatic rings. The number of carbonyl (C=O) groups is 1. The van der Waals surface area contributed by atoms with Gasteiger partial charge in [-0.1, -0.05) is 19.9 Å². The average Bonchev–Trinajstić information content (AvgIpc) is 2.45. The van der Waals surface area contributed by atoms with Crippen molar-refractivity contribution in [2.75, 3.05) is 11.9 Å². The average molecular weight is 332 g/mol. The highest BCUT2D eigenvalue weighted by atomic mass is 19.4. The number of aryl methyl sites for hydroxylation is 1. The molecule has 0 aliphatic carbocycles. The number of guanidine groups is 1. The number of halogens is 3. The van der Waals surface area contributed by atoms with Crippen molar-refractivity contribution < 1.29 is 22.7 Å². The molecular weight excluding hydrogens is 313 g/mol. The van der Waals surface area contributed by atoms with E-state index in [2.05, 4.69) is 10.1 Å². The zero-order valence-corrected chi connectivity index (χ0v) is 13.0. The Balaban J connectivity index is 3.62. The fourth-order valence-corrected chi connectivity index (χ4v) is 2.24. The van der Waals surface area contributed by atoms with Crippen molar-refractivity contribution in [2.24, 2.45) is 5.73 Å². The fraction of sp³-hybridized carbons (Fsp3) is 0.429. The third-order valence-electron chi connectivity index (χ3n) is 3.16. The number of alkyl halides is 3. The number of nitrogens with two attached hydrogens (primary N) is 1. The van der Waals surface area contributed by atoms with Gasteiger partial charge in [-0.3, -0.25) is 5.41 Å². The Morgan fingerprint density at radius 2 is 1.96 bits per heavy atom. The van der Waals surface area contributed by atoms with E-state index < -0.39 is 24.1 Å². The molecule has 0 spiro atoms. The van der Waals surface area contributed by atoms with Gasteiger partial charge in [0.1, 0.15) is 5.75 Å². The maximum Gasteiger partial charge on any atom is 0.573 e. The SMILES string of the molecule is CCc1ccc(OC(F)(F)F)c(CC)c1N(C(=N)N)C(=O)NC. The molecular formula is C14H19F3N4O2. The summed E-state index contributed by atoms with van der Waals surface area (Å²) in [5, 5.41) is 9.91. The van der Waals surface area contributed by atoms with E-state index in [1.54, 1.807) is 13.8 Å². The summed E-state index contributed by atoms with van der Waals surface area (Å²) in [5.41, 5.74) is 6.33. The minimum absolute atomic E-state index is 0.142. The van der Waals surface area contributed by atoms with E-state index in [1.807, 2.05) is 0 Å². The molecule has 2 amide bonds. The number of benzene rings is 1. The summed E-state index contributed by atoms with van der Waals surface area (Å²) in [5.74, 6) is -1.01. The van der Waals surface area contributed by atoms with Gasteiger partial charge in [0.2, 0.25) is 5.96 Å². The summed E-state index contributed by atoms with van der Waals surface area (Å²) in [6.45, 7) is 3.41. The minimum Gasteiger partial charge on any atom is -0.405 e. The summed E-state index contributed by atoms with van der Waals surface area (Å²) in [7, 11) is 1.34. The predicted octanol–water partition coefficient (Wildman–Crippen LogP) is 2.75. The highest BCUT2D eigenvalue weighted by molar-refractivity contribution is 6.15. The number of anilines is 1. The van der Waals surface area contributed by atoms with Crippen molar-refractivity contribution in [1.82, 2.24) is 5.32 Å². The summed E-state index contributed by atoms with van der Waals surface area (Å²) >= 11 is 0. The van der Waals surface area contributed by atoms with E-state index >= 15 is 0 Å². The smallest absolute Gasteiger partial charge is 0.405 e. The molecule has 1 aromatic carbocycles. The lowest BCUT2D eigenvalue weighted by atomic mass is 10.0. The zero-order valence-electron chi connectivity index (χ0n) is 13.0. The van der Waals surface area contributed by atoms with Crippen LogP contribution in [-0.4, -0.2) is 25.4 Å². The second kappa shape index (κ2) is 7.21. The molecule has 0 heterocycles. The molecule has 4 N–H and O–H groups in total. The maximum absolute atomic E-state index is 12.6. The number of nitrogens with zero attached hydrogens (tertiary/aromatic N) is 1. The lowest BCUT2D eigenvalue weighted by molar-refractivity contribution is -0.274. The van der Waals surface area contributed by atoms with Crippen LogP contribution in [0, 0.1) is 5.41 Å². The summed E-state index contributed by atoms with van der Waals surface area (Å²) in [6.07, 6.45) is -4.26. The molecule has 0 unspecified atom stereocenters. The van der Waals surface area contributed by atoms with Crippen LogP contribution in [0.25, 0.3) is 0 Å². The Kier molecular flexibility index (Phi) is 5.83. The number of hydrogen-bond donors (Lipinski definition) is 3. The number of ether oxygens (including phenoxy) is 1. The van der Waals surface area contributed by atoms with E-state index in [-0.39, 0.29) is 17.7 Å². The minimum atomic E-state index is -4.86. The van der Waals surface area contributed by atoms with Crippen LogP contribution in [0.5, 0.6) is 5.75 Å². The van der Waals surface area contributed by atoms with Crippen molar-refractivity contribution in [3.05, 3.63) is 23.3 Å². The number of urea groups is 1. The number of amides is 2. The lowest BCUT2D eigenvalue weighted by Crippen LogP contribution is -2.47. The van der Waals surface area contributed by atoms with Gasteiger partial charge in [0.15, 0.2) is 0 Å². The molecule has 0 aromatic heterocycles. The fourth-order valence-electron chi connectivity index (χ4n) is 2.24. The normalized spacial score (nSPS) is 11.0. The molecule has 0 atom stereocenters. The van der Waals surface area contributed by atoms with Crippen LogP contribution in [0.4, 0.5) is 23.7 Å². The van der Waals surface area contributed by atoms with E-state index in [9.17, 15) is 18.0 Å². The Morgan fingerprint density at radius 1 is 1.35 bits per heavy atom. The van der Waals surface area contributed by atoms with Gasteiger partial charge in [0.05, 0.1) is 5.69 Å². The van der Waals surface area contributed by atoms with Gasteiger partial charge >= 0.3 is 12.4 Å². The Hall–Kier alpha value is -2.45. The summed E-state index contributed by atoms with van der Waals surface area (Å²) < 4.78 is 41.8. The quantitative estimate of drug-likeness (QED) is 0.585. The van der Waals surface area contributed by atoms with Crippen molar-refractivity contribution >= 4 is 17.7 Å². The number of rotatable bonds is 4. The molecule has 0 saturated heterocycles. The van der Waals surface area contributed by atoms with E-state index in [0.717, 1.165) is 4.90 Å². The number of carbonyl (C=O) groups excluding carboxylic acids is 1. The van der Waals surface area contributed by atoms with Gasteiger partial charge in [0, 0.05) is 12.6 Å². The first kappa shape index (κ1) is 18.6. The largest absolute Gasteiger partial charge is 0.573 e. The topological polar surface area (TPSA) is 91.4 Å². The van der Waals surface area contributed by atoms with E-state index in [1.165, 1.54) is 19.2 Å². The second-order valence-electron chi connectivity index (χ2n) is 4.58. The Morgan fingerprint density at radius 3 is 2.35 bits per heavy atom. The molecule has 0 fully saturated rings. The number of hydrogen-bond acceptors (Lipinski definition) is 3. The standard InChI is InChI=1S/C14H19F3N4O2/c1-4-8-6-7-10(23-14(15,16)17)9(5-2)11(8)21(12(18)19)13(22)20-3/h6-7H,4-5H2,1-3H3,(H3,18,19)(H,20,22). The van der Waals surface area contributed by atoms with Crippen molar-refractivity contribution in [1.29, 1.82) is 5.41 Å². The molecule has 0 aliphatic heterocycles. The second-order valence-corrected chi connectivity index (χ2v) is 4.58. The third-order valence-corrected chi connectivity index (χ3v) is 3.16. The molecule has 0 aliphatic rings. The first-order valence-electron chi connectivity index (χ1n) is 6.92. The van der Waals surface area contributed by atoms with Crippen LogP contribution >= 0.6 is 0 Å². The molecule has 0 saturated carbocycles. The molecule has 1 rings (SSSR count). The molecule has 9 heteroatoms. The third kappa shape index (κ3) is 4.27. The Bertz CT molecular complexity index is 602. The van der Waals surface area contributed by atoms with Gasteiger partial charge in [-0.05, 0) is 24.5 Å². The Labute approximate surface area is 131 Å². The van der Waals surface area contributed by atoms with Crippen LogP contribution in [0.2, 0.25) is 0 Å². The first-order chi connectivity index (χ1) is 10.7. The highest BCUT2D eigenvalue weighted by Gasteiger charge is 2.34. The van der Waals surface area contributed by atoms with Gasteiger partial charge in [-0.2, -0.15) is 0 Å². The highest BCUT2D eigenvalue weighted by Crippen LogP contribution is 2.36. The predicted molar refractivity (Wildman–Crippen MR) is 80.7 cm³/mol. The number of nitrogens with one attached hydrogen (secondary N) is 2. The summed E-state index contributed by atoms with van der Waals surface area (Å²) in [6, 6.07) is 1.91. The monoisotopic (exact) mass is 332 g/mol. The molecule has 6 nitrogen and oxygen atoms in total. The van der Waals surface area contributed by atoms with Crippen molar-refractivity contribution in [3.8, 4) is 5.75 Å². The van der Waals surface area contributed by atoms with E-state index in [4.69, 9.17) is 11.1 Å². The van der Waals surface area contributed by atoms with Gasteiger partial charge in [-0.25, -0.2) is 9.69 Å². The molecule has 23 heavy (non-hydrogen) atoms. The molecule has 0 bridgehead atoms. The summed E-state index contributed by atoms with van der Waals surface area (Å²) in [4.78, 5) is 12.9. The van der Waals surface area contributed by atoms with Gasteiger partial charge in [0.25, 0.3) is 0 Å². The van der Waals surface area contributed by atoms with Crippen LogP contribution in [0.1, 0.15) is 25.0 Å². The van der Waals surface area contributed by atoms with E-state index in [0.29, 0.717) is 12.0 Å². The lowest BCUT2D eigenvalue weighted by Gasteiger charge is -2.27. The van der Waals surface area contributed by atoms with Crippen LogP contribution in [0.3, 0.4) is 0 Å². The van der Waals surface area contributed by atoms with Gasteiger partial charge in [-0.15, -0.1) is 13.2 Å². The van der Waals surface area contributed by atoms with Crippen molar-refractivity contribution in [2.45, 2.75) is 33.1 Å². The molecule has 0 radical (unpaired) electrons. The maximum atomic E-state index is 12.6. The van der Waals surface area contributed by atoms with Gasteiger partial charge < -0.3 is 15.8 Å². The first-order valence-corrected chi connectivity index (χ1v) is 6.92. The molecule has 128 valence electrons. The van der Waals surface area contributed by atoms with Crippen LogP contribution in [-0.2, 0) is 12.8 Å².